The Morgan fingerprint density at radius 1 is 1.14 bits per heavy atom. The fourth-order valence-corrected chi connectivity index (χ4v) is 1.66. The first-order valence-electron chi connectivity index (χ1n) is 6.98. The van der Waals surface area contributed by atoms with Crippen molar-refractivity contribution in [2.75, 3.05) is 31.0 Å². The normalized spacial score (nSPS) is 10.0. The predicted octanol–water partition coefficient (Wildman–Crippen LogP) is 3.01. The van der Waals surface area contributed by atoms with Crippen molar-refractivity contribution in [3.8, 4) is 0 Å². The molecule has 0 unspecified atom stereocenters. The minimum atomic E-state index is -0.558. The molecule has 0 bridgehead atoms. The van der Waals surface area contributed by atoms with E-state index in [2.05, 4.69) is 22.3 Å². The fraction of sp³-hybridized carbons (Fsp3) is 0.467. The molecule has 0 aliphatic heterocycles. The van der Waals surface area contributed by atoms with Gasteiger partial charge in [0, 0.05) is 18.0 Å². The summed E-state index contributed by atoms with van der Waals surface area (Å²) in [6.45, 7) is 2.73. The van der Waals surface area contributed by atoms with Crippen LogP contribution >= 0.6 is 0 Å². The topological polar surface area (TPSA) is 76.7 Å². The van der Waals surface area contributed by atoms with Crippen LogP contribution in [-0.4, -0.2) is 32.3 Å². The van der Waals surface area contributed by atoms with Gasteiger partial charge in [0.1, 0.15) is 6.61 Å². The second kappa shape index (κ2) is 9.77. The zero-order chi connectivity index (χ0) is 15.5. The van der Waals surface area contributed by atoms with Crippen molar-refractivity contribution in [1.29, 1.82) is 0 Å². The van der Waals surface area contributed by atoms with Crippen molar-refractivity contribution in [3.05, 3.63) is 24.3 Å². The van der Waals surface area contributed by atoms with Gasteiger partial charge in [0.2, 0.25) is 5.91 Å². The van der Waals surface area contributed by atoms with Crippen LogP contribution in [0.5, 0.6) is 0 Å². The van der Waals surface area contributed by atoms with Crippen molar-refractivity contribution in [1.82, 2.24) is 0 Å². The summed E-state index contributed by atoms with van der Waals surface area (Å²) in [5.41, 5.74) is 1.13. The molecule has 1 aromatic carbocycles. The molecule has 0 radical (unpaired) electrons. The maximum atomic E-state index is 11.7. The van der Waals surface area contributed by atoms with Crippen molar-refractivity contribution in [2.45, 2.75) is 26.2 Å². The maximum absolute atomic E-state index is 11.7. The summed E-state index contributed by atoms with van der Waals surface area (Å²) in [5, 5.41) is 5.24. The molecule has 1 aromatic rings. The van der Waals surface area contributed by atoms with Gasteiger partial charge in [-0.1, -0.05) is 25.8 Å². The molecule has 0 aromatic heterocycles. The smallest absolute Gasteiger partial charge is 0.411 e. The van der Waals surface area contributed by atoms with Crippen LogP contribution in [-0.2, 0) is 14.3 Å². The number of hydrogen-bond acceptors (Lipinski definition) is 4. The Bertz CT molecular complexity index is 463. The lowest BCUT2D eigenvalue weighted by Gasteiger charge is -2.08. The summed E-state index contributed by atoms with van der Waals surface area (Å²) in [7, 11) is 1.29. The van der Waals surface area contributed by atoms with Crippen molar-refractivity contribution >= 4 is 23.4 Å². The molecular weight excluding hydrogens is 272 g/mol. The van der Waals surface area contributed by atoms with Crippen LogP contribution in [0.2, 0.25) is 0 Å². The lowest BCUT2D eigenvalue weighted by molar-refractivity contribution is -0.120. The molecule has 0 fully saturated rings. The van der Waals surface area contributed by atoms with Gasteiger partial charge >= 0.3 is 6.09 Å². The van der Waals surface area contributed by atoms with Crippen LogP contribution in [0.25, 0.3) is 0 Å². The molecule has 1 rings (SSSR count). The molecule has 0 saturated carbocycles. The predicted molar refractivity (Wildman–Crippen MR) is 81.4 cm³/mol. The minimum Gasteiger partial charge on any atom is -0.453 e. The van der Waals surface area contributed by atoms with Gasteiger partial charge < -0.3 is 14.8 Å². The van der Waals surface area contributed by atoms with Crippen molar-refractivity contribution in [2.24, 2.45) is 0 Å². The monoisotopic (exact) mass is 294 g/mol. The van der Waals surface area contributed by atoms with Gasteiger partial charge in [-0.2, -0.15) is 0 Å². The highest BCUT2D eigenvalue weighted by Crippen LogP contribution is 2.15. The van der Waals surface area contributed by atoms with Gasteiger partial charge in [0.15, 0.2) is 0 Å². The SMILES string of the molecule is CCCCCOCC(=O)Nc1cccc(NC(=O)OC)c1. The number of nitrogens with one attached hydrogen (secondary N) is 2. The van der Waals surface area contributed by atoms with E-state index in [4.69, 9.17) is 4.74 Å². The molecule has 0 atom stereocenters. The summed E-state index contributed by atoms with van der Waals surface area (Å²) in [5.74, 6) is -0.221. The average molecular weight is 294 g/mol. The lowest BCUT2D eigenvalue weighted by Crippen LogP contribution is -2.19. The number of carbonyl (C=O) groups is 2. The maximum Gasteiger partial charge on any atom is 0.411 e. The Morgan fingerprint density at radius 3 is 2.52 bits per heavy atom. The van der Waals surface area contributed by atoms with E-state index in [1.807, 2.05) is 0 Å². The van der Waals surface area contributed by atoms with E-state index in [1.54, 1.807) is 24.3 Å². The zero-order valence-electron chi connectivity index (χ0n) is 12.5. The van der Waals surface area contributed by atoms with E-state index in [9.17, 15) is 9.59 Å². The van der Waals surface area contributed by atoms with Crippen molar-refractivity contribution in [3.63, 3.8) is 0 Å². The van der Waals surface area contributed by atoms with Gasteiger partial charge in [-0.25, -0.2) is 4.79 Å². The number of rotatable bonds is 8. The Kier molecular flexibility index (Phi) is 7.89. The largest absolute Gasteiger partial charge is 0.453 e. The Hall–Kier alpha value is -2.08. The summed E-state index contributed by atoms with van der Waals surface area (Å²) in [6, 6.07) is 6.81. The lowest BCUT2D eigenvalue weighted by atomic mass is 10.2. The molecule has 21 heavy (non-hydrogen) atoms. The minimum absolute atomic E-state index is 0.0262. The molecular formula is C15H22N2O4. The summed E-state index contributed by atoms with van der Waals surface area (Å²) < 4.78 is 9.78. The van der Waals surface area contributed by atoms with E-state index >= 15 is 0 Å². The van der Waals surface area contributed by atoms with Crippen molar-refractivity contribution < 1.29 is 19.1 Å². The average Bonchev–Trinajstić information content (AvgIpc) is 2.47. The summed E-state index contributed by atoms with van der Waals surface area (Å²) >= 11 is 0. The third-order valence-corrected chi connectivity index (χ3v) is 2.70. The molecule has 6 nitrogen and oxygen atoms in total. The van der Waals surface area contributed by atoms with E-state index in [1.165, 1.54) is 7.11 Å². The Morgan fingerprint density at radius 2 is 1.86 bits per heavy atom. The van der Waals surface area contributed by atoms with E-state index in [0.717, 1.165) is 19.3 Å². The van der Waals surface area contributed by atoms with Gasteiger partial charge in [0.25, 0.3) is 0 Å². The first kappa shape index (κ1) is 17.0. The number of carbonyl (C=O) groups excluding carboxylic acids is 2. The molecule has 0 aliphatic rings. The Labute approximate surface area is 124 Å². The van der Waals surface area contributed by atoms with Gasteiger partial charge in [-0.05, 0) is 24.6 Å². The number of methoxy groups -OCH3 is 1. The Balaban J connectivity index is 2.38. The van der Waals surface area contributed by atoms with Crippen LogP contribution in [0.3, 0.4) is 0 Å². The van der Waals surface area contributed by atoms with Crippen LogP contribution in [0, 0.1) is 0 Å². The molecule has 2 amide bonds. The number of ether oxygens (including phenoxy) is 2. The van der Waals surface area contributed by atoms with E-state index in [0.29, 0.717) is 18.0 Å². The van der Waals surface area contributed by atoms with Crippen LogP contribution in [0.4, 0.5) is 16.2 Å². The molecule has 0 spiro atoms. The first-order valence-corrected chi connectivity index (χ1v) is 6.98. The molecule has 6 heteroatoms. The number of amides is 2. The van der Waals surface area contributed by atoms with Crippen LogP contribution in [0.15, 0.2) is 24.3 Å². The highest BCUT2D eigenvalue weighted by atomic mass is 16.5. The molecule has 116 valence electrons. The summed E-state index contributed by atoms with van der Waals surface area (Å²) in [4.78, 5) is 22.8. The zero-order valence-corrected chi connectivity index (χ0v) is 12.5. The molecule has 0 aliphatic carbocycles. The second-order valence-corrected chi connectivity index (χ2v) is 4.51. The van der Waals surface area contributed by atoms with Gasteiger partial charge in [-0.15, -0.1) is 0 Å². The summed E-state index contributed by atoms with van der Waals surface area (Å²) in [6.07, 6.45) is 2.62. The third kappa shape index (κ3) is 7.31. The fourth-order valence-electron chi connectivity index (χ4n) is 1.66. The highest BCUT2D eigenvalue weighted by molar-refractivity contribution is 5.93. The van der Waals surface area contributed by atoms with Gasteiger partial charge in [-0.3, -0.25) is 10.1 Å². The highest BCUT2D eigenvalue weighted by Gasteiger charge is 2.05. The van der Waals surface area contributed by atoms with E-state index < -0.39 is 6.09 Å². The van der Waals surface area contributed by atoms with Crippen LogP contribution in [0.1, 0.15) is 26.2 Å². The number of anilines is 2. The molecule has 2 N–H and O–H groups in total. The molecule has 0 heterocycles. The second-order valence-electron chi connectivity index (χ2n) is 4.51. The quantitative estimate of drug-likeness (QED) is 0.723. The van der Waals surface area contributed by atoms with E-state index in [-0.39, 0.29) is 12.5 Å². The standard InChI is InChI=1S/C15H22N2O4/c1-3-4-5-9-21-11-14(18)16-12-7-6-8-13(10-12)17-15(19)20-2/h6-8,10H,3-5,9,11H2,1-2H3,(H,16,18)(H,17,19). The number of unbranched alkanes of at least 4 members (excludes halogenated alkanes) is 2. The van der Waals surface area contributed by atoms with Crippen LogP contribution < -0.4 is 10.6 Å². The first-order chi connectivity index (χ1) is 10.2. The number of benzene rings is 1. The number of hydrogen-bond donors (Lipinski definition) is 2. The van der Waals surface area contributed by atoms with Gasteiger partial charge in [0.05, 0.1) is 7.11 Å². The third-order valence-electron chi connectivity index (χ3n) is 2.70. The molecule has 0 saturated heterocycles.